The number of nitrogens with one attached hydrogen (secondary N) is 1. The molecule has 1 atom stereocenters. The zero-order valence-corrected chi connectivity index (χ0v) is 13.8. The van der Waals surface area contributed by atoms with E-state index in [9.17, 15) is 13.2 Å². The zero-order chi connectivity index (χ0) is 15.8. The maximum absolute atomic E-state index is 12.7. The molecule has 0 aliphatic carbocycles. The molecule has 0 spiro atoms. The molecule has 1 heterocycles. The van der Waals surface area contributed by atoms with Crippen LogP contribution in [0.1, 0.15) is 25.8 Å². The Labute approximate surface area is 130 Å². The van der Waals surface area contributed by atoms with Gasteiger partial charge in [-0.1, -0.05) is 31.5 Å². The van der Waals surface area contributed by atoms with Gasteiger partial charge in [-0.2, -0.15) is 0 Å². The molecule has 1 amide bonds. The smallest absolute Gasteiger partial charge is 0.266 e. The number of hydrogen-bond acceptors (Lipinski definition) is 4. The van der Waals surface area contributed by atoms with Crippen molar-refractivity contribution < 1.29 is 13.2 Å². The molecule has 2 rings (SSSR count). The standard InChI is InChI=1S/C14H18N2O3S2/c1-9(2)8-12-13(17)15-14(20)16(12)21(18,19)11-6-4-10(3)5-7-11/h4-7,9,12H,8H2,1-3H3,(H,15,17,20). The van der Waals surface area contributed by atoms with Crippen molar-refractivity contribution in [2.75, 3.05) is 0 Å². The molecule has 114 valence electrons. The second kappa shape index (κ2) is 5.73. The Morgan fingerprint density at radius 2 is 1.86 bits per heavy atom. The second-order valence-corrected chi connectivity index (χ2v) is 7.76. The highest BCUT2D eigenvalue weighted by Gasteiger charge is 2.43. The molecule has 0 radical (unpaired) electrons. The van der Waals surface area contributed by atoms with E-state index in [4.69, 9.17) is 12.2 Å². The van der Waals surface area contributed by atoms with E-state index in [1.54, 1.807) is 12.1 Å². The Morgan fingerprint density at radius 1 is 1.29 bits per heavy atom. The lowest BCUT2D eigenvalue weighted by Crippen LogP contribution is -2.40. The fourth-order valence-electron chi connectivity index (χ4n) is 2.24. The summed E-state index contributed by atoms with van der Waals surface area (Å²) in [5.41, 5.74) is 0.964. The van der Waals surface area contributed by atoms with Crippen LogP contribution in [0.5, 0.6) is 0 Å². The third kappa shape index (κ3) is 3.08. The summed E-state index contributed by atoms with van der Waals surface area (Å²) in [7, 11) is -3.82. The van der Waals surface area contributed by atoms with Crippen molar-refractivity contribution in [2.45, 2.75) is 38.1 Å². The molecule has 1 fully saturated rings. The summed E-state index contributed by atoms with van der Waals surface area (Å²) in [6.07, 6.45) is 0.428. The van der Waals surface area contributed by atoms with E-state index in [1.807, 2.05) is 20.8 Å². The number of aryl methyl sites for hydroxylation is 1. The van der Waals surface area contributed by atoms with Gasteiger partial charge in [0.05, 0.1) is 4.90 Å². The first-order valence-corrected chi connectivity index (χ1v) is 8.54. The highest BCUT2D eigenvalue weighted by molar-refractivity contribution is 7.91. The molecule has 21 heavy (non-hydrogen) atoms. The average Bonchev–Trinajstić information content (AvgIpc) is 2.64. The summed E-state index contributed by atoms with van der Waals surface area (Å²) in [4.78, 5) is 12.1. The Morgan fingerprint density at radius 3 is 2.38 bits per heavy atom. The number of hydrogen-bond donors (Lipinski definition) is 1. The minimum atomic E-state index is -3.82. The van der Waals surface area contributed by atoms with E-state index in [-0.39, 0.29) is 21.8 Å². The Bertz CT molecular complexity index is 666. The lowest BCUT2D eigenvalue weighted by molar-refractivity contribution is -0.121. The molecule has 1 N–H and O–H groups in total. The number of nitrogens with zero attached hydrogens (tertiary/aromatic N) is 1. The first-order valence-electron chi connectivity index (χ1n) is 6.69. The SMILES string of the molecule is Cc1ccc(S(=O)(=O)N2C(=S)NC(=O)C2CC(C)C)cc1. The van der Waals surface area contributed by atoms with Crippen LogP contribution in [0, 0.1) is 12.8 Å². The first kappa shape index (κ1) is 15.9. The van der Waals surface area contributed by atoms with Gasteiger partial charge in [-0.25, -0.2) is 12.7 Å². The van der Waals surface area contributed by atoms with Crippen LogP contribution >= 0.6 is 12.2 Å². The summed E-state index contributed by atoms with van der Waals surface area (Å²) in [5, 5.41) is 2.40. The monoisotopic (exact) mass is 326 g/mol. The van der Waals surface area contributed by atoms with Gasteiger partial charge in [-0.05, 0) is 43.6 Å². The van der Waals surface area contributed by atoms with Crippen LogP contribution in [0.25, 0.3) is 0 Å². The van der Waals surface area contributed by atoms with Crippen molar-refractivity contribution in [3.05, 3.63) is 29.8 Å². The summed E-state index contributed by atoms with van der Waals surface area (Å²) < 4.78 is 26.5. The lowest BCUT2D eigenvalue weighted by Gasteiger charge is -2.24. The molecule has 1 aliphatic heterocycles. The highest BCUT2D eigenvalue weighted by Crippen LogP contribution is 2.25. The topological polar surface area (TPSA) is 66.5 Å². The Kier molecular flexibility index (Phi) is 4.34. The van der Waals surface area contributed by atoms with E-state index >= 15 is 0 Å². The molecular weight excluding hydrogens is 308 g/mol. The lowest BCUT2D eigenvalue weighted by atomic mass is 10.0. The van der Waals surface area contributed by atoms with Gasteiger partial charge in [0.2, 0.25) is 5.91 Å². The number of carbonyl (C=O) groups is 1. The van der Waals surface area contributed by atoms with Crippen LogP contribution in [-0.4, -0.2) is 29.8 Å². The van der Waals surface area contributed by atoms with Gasteiger partial charge >= 0.3 is 0 Å². The van der Waals surface area contributed by atoms with Crippen LogP contribution in [0.15, 0.2) is 29.2 Å². The zero-order valence-electron chi connectivity index (χ0n) is 12.2. The number of rotatable bonds is 4. The van der Waals surface area contributed by atoms with Crippen molar-refractivity contribution in [2.24, 2.45) is 5.92 Å². The number of thiocarbonyl (C=S) groups is 1. The van der Waals surface area contributed by atoms with E-state index in [1.165, 1.54) is 12.1 Å². The van der Waals surface area contributed by atoms with Crippen LogP contribution < -0.4 is 5.32 Å². The molecule has 0 bridgehead atoms. The fraction of sp³-hybridized carbons (Fsp3) is 0.429. The Balaban J connectivity index is 2.43. The third-order valence-electron chi connectivity index (χ3n) is 3.29. The van der Waals surface area contributed by atoms with Crippen molar-refractivity contribution in [3.63, 3.8) is 0 Å². The maximum Gasteiger partial charge on any atom is 0.266 e. The van der Waals surface area contributed by atoms with Gasteiger partial charge in [0, 0.05) is 0 Å². The van der Waals surface area contributed by atoms with E-state index in [0.29, 0.717) is 6.42 Å². The van der Waals surface area contributed by atoms with Crippen LogP contribution in [-0.2, 0) is 14.8 Å². The first-order chi connectivity index (χ1) is 9.73. The minimum Gasteiger partial charge on any atom is -0.300 e. The number of benzene rings is 1. The van der Waals surface area contributed by atoms with Gasteiger partial charge in [0.25, 0.3) is 10.0 Å². The van der Waals surface area contributed by atoms with E-state index in [2.05, 4.69) is 5.32 Å². The number of carbonyl (C=O) groups excluding carboxylic acids is 1. The number of amides is 1. The Hall–Kier alpha value is -1.47. The van der Waals surface area contributed by atoms with E-state index in [0.717, 1.165) is 9.87 Å². The summed E-state index contributed by atoms with van der Waals surface area (Å²) in [5.74, 6) is -0.179. The predicted molar refractivity (Wildman–Crippen MR) is 84.2 cm³/mol. The molecule has 0 aromatic heterocycles. The summed E-state index contributed by atoms with van der Waals surface area (Å²) in [6.45, 7) is 5.75. The molecule has 1 aromatic rings. The fourth-order valence-corrected chi connectivity index (χ4v) is 4.25. The van der Waals surface area contributed by atoms with Gasteiger partial charge in [-0.3, -0.25) is 4.79 Å². The highest BCUT2D eigenvalue weighted by atomic mass is 32.2. The van der Waals surface area contributed by atoms with Crippen LogP contribution in [0.4, 0.5) is 0 Å². The van der Waals surface area contributed by atoms with Gasteiger partial charge in [0.15, 0.2) is 5.11 Å². The molecule has 1 aliphatic rings. The third-order valence-corrected chi connectivity index (χ3v) is 5.53. The second-order valence-electron chi connectivity index (χ2n) is 5.55. The summed E-state index contributed by atoms with van der Waals surface area (Å²) >= 11 is 5.04. The van der Waals surface area contributed by atoms with Crippen LogP contribution in [0.2, 0.25) is 0 Å². The predicted octanol–water partition coefficient (Wildman–Crippen LogP) is 1.82. The van der Waals surface area contributed by atoms with Crippen LogP contribution in [0.3, 0.4) is 0 Å². The molecular formula is C14H18N2O3S2. The largest absolute Gasteiger partial charge is 0.300 e. The molecule has 5 nitrogen and oxygen atoms in total. The molecule has 1 saturated heterocycles. The van der Waals surface area contributed by atoms with Gasteiger partial charge in [0.1, 0.15) is 6.04 Å². The van der Waals surface area contributed by atoms with Crippen molar-refractivity contribution in [3.8, 4) is 0 Å². The number of sulfonamides is 1. The quantitative estimate of drug-likeness (QED) is 0.857. The van der Waals surface area contributed by atoms with Gasteiger partial charge < -0.3 is 5.32 Å². The van der Waals surface area contributed by atoms with Crippen molar-refractivity contribution in [1.82, 2.24) is 9.62 Å². The van der Waals surface area contributed by atoms with Crippen molar-refractivity contribution >= 4 is 33.3 Å². The van der Waals surface area contributed by atoms with E-state index < -0.39 is 16.1 Å². The maximum atomic E-state index is 12.7. The minimum absolute atomic E-state index is 0.0498. The molecule has 1 aromatic carbocycles. The van der Waals surface area contributed by atoms with Crippen molar-refractivity contribution in [1.29, 1.82) is 0 Å². The average molecular weight is 326 g/mol. The summed E-state index contributed by atoms with van der Waals surface area (Å²) in [6, 6.07) is 5.73. The molecule has 7 heteroatoms. The molecule has 1 unspecified atom stereocenters. The normalized spacial score (nSPS) is 19.2. The molecule has 0 saturated carbocycles. The van der Waals surface area contributed by atoms with Gasteiger partial charge in [-0.15, -0.1) is 0 Å².